The molecule has 2 atom stereocenters. The van der Waals surface area contributed by atoms with E-state index in [4.69, 9.17) is 31.4 Å². The fourth-order valence-electron chi connectivity index (χ4n) is 6.08. The van der Waals surface area contributed by atoms with Crippen LogP contribution in [0.1, 0.15) is 229 Å². The van der Waals surface area contributed by atoms with Crippen molar-refractivity contribution in [2.24, 2.45) is 0 Å². The lowest BCUT2D eigenvalue weighted by Crippen LogP contribution is -1.98. The third-order valence-electron chi connectivity index (χ3n) is 9.83. The summed E-state index contributed by atoms with van der Waals surface area (Å²) in [5.41, 5.74) is 6.25. The van der Waals surface area contributed by atoms with E-state index in [-0.39, 0.29) is 40.8 Å². The molecule has 0 fully saturated rings. The van der Waals surface area contributed by atoms with Crippen LogP contribution in [0.2, 0.25) is 0 Å². The van der Waals surface area contributed by atoms with Gasteiger partial charge in [-0.25, -0.2) is 8.78 Å². The van der Waals surface area contributed by atoms with Crippen LogP contribution in [-0.2, 0) is 14.4 Å². The smallest absolute Gasteiger partial charge is 0.304 e. The first-order chi connectivity index (χ1) is 32.6. The van der Waals surface area contributed by atoms with Gasteiger partial charge in [0.1, 0.15) is 6.17 Å². The summed E-state index contributed by atoms with van der Waals surface area (Å²) >= 11 is 5.19. The molecule has 68 heavy (non-hydrogen) atoms. The van der Waals surface area contributed by atoms with Gasteiger partial charge in [0, 0.05) is 26.4 Å². The molecule has 0 spiro atoms. The quantitative estimate of drug-likeness (QED) is 0.0308. The lowest BCUT2D eigenvalue weighted by Gasteiger charge is -2.04. The van der Waals surface area contributed by atoms with Crippen molar-refractivity contribution in [3.63, 3.8) is 0 Å². The molecule has 0 aliphatic rings. The standard InChI is InChI=1S/3C17H31FO2S.2CH4.F2.H2O/c1-16(18)12-10-8-6-4-2-3-5-7-9-11-14-21-15-13-17(19)20;1-2-11-16(18)12-9-7-5-3-4-6-8-10-14-21-15-13-17(19)20;18-14-11-9-7-5-3-1-2-4-6-8-10-12-15-21-16-13-17(19)20;;;1-2;/h3,5,16H,2,4,6-15H2,1H3,(H,19,20);3-4,16H,2,5-15H2,1H3,(H,19,20);4,6H,1-3,5,7-16H2,(H,19,20);2*1H4;;1H2/b5-3-;4-3-;6-4-;;;;/i3*18-1;;;1-1;/hT. The van der Waals surface area contributed by atoms with Crippen LogP contribution in [0.25, 0.3) is 0 Å². The van der Waals surface area contributed by atoms with Crippen molar-refractivity contribution in [1.29, 1.82) is 0 Å². The van der Waals surface area contributed by atoms with Crippen LogP contribution >= 0.6 is 35.3 Å². The fraction of sp³-hybridized carbons (Fsp3) is 0.830. The van der Waals surface area contributed by atoms with E-state index in [0.29, 0.717) is 12.8 Å². The number of thioether (sulfide) groups is 3. The van der Waals surface area contributed by atoms with Crippen LogP contribution in [0, 0.1) is 0 Å². The van der Waals surface area contributed by atoms with Gasteiger partial charge in [-0.05, 0) is 146 Å². The number of hydrogen-bond donors (Lipinski definition) is 3. The molecule has 7 nitrogen and oxygen atoms in total. The van der Waals surface area contributed by atoms with Crippen LogP contribution in [0.3, 0.4) is 0 Å². The average molecular weight is 1040 g/mol. The van der Waals surface area contributed by atoms with Gasteiger partial charge >= 0.3 is 17.9 Å². The Hall–Kier alpha value is -1.71. The van der Waals surface area contributed by atoms with Crippen molar-refractivity contribution in [2.45, 2.75) is 240 Å². The van der Waals surface area contributed by atoms with E-state index in [1.54, 1.807) is 42.2 Å². The Balaban J connectivity index is -0.000000159. The van der Waals surface area contributed by atoms with Gasteiger partial charge in [-0.15, -0.1) is 0 Å². The van der Waals surface area contributed by atoms with Crippen LogP contribution in [-0.4, -0.2) is 92.2 Å². The van der Waals surface area contributed by atoms with E-state index in [9.17, 15) is 27.6 Å². The fourth-order valence-corrected chi connectivity index (χ4v) is 8.88. The predicted molar refractivity (Wildman–Crippen MR) is 292 cm³/mol. The number of allylic oxidation sites excluding steroid dienone is 6. The van der Waals surface area contributed by atoms with E-state index in [2.05, 4.69) is 36.5 Å². The summed E-state index contributed by atoms with van der Waals surface area (Å²) in [5.74, 6) is 3.25. The molecule has 0 amide bonds. The molecule has 0 heterocycles. The average Bonchev–Trinajstić information content (AvgIpc) is 3.30. The lowest BCUT2D eigenvalue weighted by molar-refractivity contribution is -0.137. The molecule has 0 aromatic carbocycles. The summed E-state index contributed by atoms with van der Waals surface area (Å²) in [5, 5.41) is 25.5. The van der Waals surface area contributed by atoms with Gasteiger partial charge in [0.05, 0.1) is 32.1 Å². The molecule has 15 heteroatoms. The molecular weight excluding hydrogens is 936 g/mol. The van der Waals surface area contributed by atoms with Crippen LogP contribution < -0.4 is 0 Å². The second kappa shape index (κ2) is 74.2. The van der Waals surface area contributed by atoms with E-state index in [1.165, 1.54) is 64.2 Å². The second-order valence-corrected chi connectivity index (χ2v) is 19.9. The monoisotopic (exact) mass is 1040 g/mol. The van der Waals surface area contributed by atoms with E-state index in [0.717, 1.165) is 137 Å². The second-order valence-electron chi connectivity index (χ2n) is 16.2. The number of aliphatic carboxylic acids is 3. The zero-order chi connectivity index (χ0) is 51.1. The van der Waals surface area contributed by atoms with Crippen molar-refractivity contribution >= 4 is 53.2 Å². The Bertz CT molecular complexity index is 1070. The molecular formula is C53H103F5O7S3. The van der Waals surface area contributed by atoms with E-state index < -0.39 is 30.3 Å². The first-order valence-corrected chi connectivity index (χ1v) is 28.3. The highest BCUT2D eigenvalue weighted by Crippen LogP contribution is 2.14. The molecule has 410 valence electrons. The molecule has 0 aliphatic carbocycles. The highest BCUT2D eigenvalue weighted by Gasteiger charge is 2.03. The molecule has 0 saturated carbocycles. The van der Waals surface area contributed by atoms with Crippen molar-refractivity contribution in [1.82, 2.24) is 0 Å². The summed E-state index contributed by atoms with van der Waals surface area (Å²) in [6.07, 6.45) is 43.2. The maximum atomic E-state index is 13.2. The third kappa shape index (κ3) is 90.7. The Morgan fingerprint density at radius 1 is 0.471 bits per heavy atom. The molecule has 0 radical (unpaired) electrons. The minimum Gasteiger partial charge on any atom is -0.481 e. The SMILES string of the molecule is C.C.CC([18F])CCCCCC/C=C\CCCCSCCC(=O)O.CCCC([18F])CCCC/C=C\CCCCSCCC(=O)O.F[18F].O=C(O)CCSCCCC/C=C\CCCCCCCC[18F].[3H]O. The van der Waals surface area contributed by atoms with Gasteiger partial charge < -0.3 is 20.8 Å². The number of carbonyl (C=O) groups is 3. The highest BCUT2D eigenvalue weighted by atomic mass is 32.2. The number of rotatable bonds is 46. The van der Waals surface area contributed by atoms with Gasteiger partial charge in [0.2, 0.25) is 1.43 Å². The Morgan fingerprint density at radius 2 is 0.750 bits per heavy atom. The topological polar surface area (TPSA) is 143 Å². The molecule has 0 bridgehead atoms. The van der Waals surface area contributed by atoms with Crippen molar-refractivity contribution in [3.05, 3.63) is 36.5 Å². The molecule has 0 aromatic rings. The summed E-state index contributed by atoms with van der Waals surface area (Å²) in [4.78, 5) is 30.9. The van der Waals surface area contributed by atoms with E-state index >= 15 is 0 Å². The van der Waals surface area contributed by atoms with Crippen molar-refractivity contribution in [3.8, 4) is 0 Å². The van der Waals surface area contributed by atoms with Crippen LogP contribution in [0.15, 0.2) is 36.5 Å². The number of halogens is 5. The van der Waals surface area contributed by atoms with Crippen molar-refractivity contribution in [2.75, 3.05) is 41.2 Å². The molecule has 0 aliphatic heterocycles. The maximum Gasteiger partial charge on any atom is 0.304 e. The van der Waals surface area contributed by atoms with Gasteiger partial charge in [0.25, 0.3) is 0 Å². The first-order valence-electron chi connectivity index (χ1n) is 25.3. The normalized spacial score (nSPS) is 11.6. The zero-order valence-electron chi connectivity index (χ0n) is 42.1. The van der Waals surface area contributed by atoms with Gasteiger partial charge in [-0.1, -0.05) is 116 Å². The van der Waals surface area contributed by atoms with Gasteiger partial charge in [-0.2, -0.15) is 35.3 Å². The van der Waals surface area contributed by atoms with Crippen LogP contribution in [0.4, 0.5) is 22.3 Å². The molecule has 0 saturated heterocycles. The Kier molecular flexibility index (Phi) is 84.9. The molecule has 5 N–H and O–H groups in total. The van der Waals surface area contributed by atoms with E-state index in [1.807, 2.05) is 6.92 Å². The lowest BCUT2D eigenvalue weighted by atomic mass is 10.1. The van der Waals surface area contributed by atoms with Crippen molar-refractivity contribution < 1.29 is 58.9 Å². The number of carboxylic acids is 3. The number of unbranched alkanes of at least 4 members (excludes halogenated alkanes) is 18. The van der Waals surface area contributed by atoms with Crippen LogP contribution in [0.5, 0.6) is 0 Å². The molecule has 0 aromatic heterocycles. The zero-order valence-corrected chi connectivity index (χ0v) is 43.6. The third-order valence-corrected chi connectivity index (χ3v) is 13.0. The number of carboxylic acid groups (broad SMARTS) is 3. The predicted octanol–water partition coefficient (Wildman–Crippen LogP) is 18.1. The van der Waals surface area contributed by atoms with Gasteiger partial charge in [-0.3, -0.25) is 18.8 Å². The largest absolute Gasteiger partial charge is 0.481 e. The highest BCUT2D eigenvalue weighted by molar-refractivity contribution is 7.99. The summed E-state index contributed by atoms with van der Waals surface area (Å²) in [7, 11) is 0. The summed E-state index contributed by atoms with van der Waals surface area (Å²) in [6.45, 7) is 3.49. The maximum absolute atomic E-state index is 13.2. The Morgan fingerprint density at radius 3 is 1.06 bits per heavy atom. The summed E-state index contributed by atoms with van der Waals surface area (Å²) in [6, 6.07) is 0. The number of hydrogen-bond acceptors (Lipinski definition) is 6. The molecule has 0 rings (SSSR count). The Labute approximate surface area is 428 Å². The number of alkyl halides is 3. The van der Waals surface area contributed by atoms with Gasteiger partial charge in [0.15, 0.2) is 0 Å². The summed E-state index contributed by atoms with van der Waals surface area (Å²) < 4.78 is 58.3. The minimum absolute atomic E-state index is 0. The molecule has 2 unspecified atom stereocenters. The minimum atomic E-state index is -0.709. The first kappa shape index (κ1) is 77.7.